The van der Waals surface area contributed by atoms with E-state index in [2.05, 4.69) is 0 Å². The molecule has 0 radical (unpaired) electrons. The van der Waals surface area contributed by atoms with Crippen LogP contribution in [0.25, 0.3) is 0 Å². The maximum atomic E-state index is 11.8. The molecule has 1 aromatic rings. The zero-order valence-electron chi connectivity index (χ0n) is 8.40. The van der Waals surface area contributed by atoms with E-state index < -0.39 is 0 Å². The van der Waals surface area contributed by atoms with Gasteiger partial charge in [-0.15, -0.1) is 0 Å². The molecule has 1 aliphatic heterocycles. The van der Waals surface area contributed by atoms with Crippen LogP contribution in [0.5, 0.6) is 0 Å². The molecular weight excluding hydrogens is 178 g/mol. The first-order chi connectivity index (χ1) is 6.79. The number of pyridine rings is 1. The van der Waals surface area contributed by atoms with E-state index in [0.717, 1.165) is 31.6 Å². The lowest BCUT2D eigenvalue weighted by molar-refractivity contribution is 0.0850. The molecule has 14 heavy (non-hydrogen) atoms. The molecule has 0 N–H and O–H groups in total. The highest BCUT2D eigenvalue weighted by Gasteiger charge is 2.18. The van der Waals surface area contributed by atoms with Crippen molar-refractivity contribution in [2.24, 2.45) is 7.05 Å². The van der Waals surface area contributed by atoms with Crippen LogP contribution in [0.2, 0.25) is 0 Å². The fourth-order valence-corrected chi connectivity index (χ4v) is 1.94. The minimum atomic E-state index is 0.138. The highest BCUT2D eigenvalue weighted by atomic mass is 16.5. The van der Waals surface area contributed by atoms with Crippen LogP contribution in [0.3, 0.4) is 0 Å². The van der Waals surface area contributed by atoms with E-state index in [0.29, 0.717) is 5.92 Å². The van der Waals surface area contributed by atoms with Crippen LogP contribution in [0.1, 0.15) is 24.3 Å². The molecule has 1 fully saturated rings. The van der Waals surface area contributed by atoms with E-state index in [1.54, 1.807) is 17.8 Å². The lowest BCUT2D eigenvalue weighted by Gasteiger charge is -2.21. The van der Waals surface area contributed by atoms with E-state index in [1.165, 1.54) is 0 Å². The van der Waals surface area contributed by atoms with Gasteiger partial charge in [0.05, 0.1) is 0 Å². The summed E-state index contributed by atoms with van der Waals surface area (Å²) in [5.41, 5.74) is 1.08. The van der Waals surface area contributed by atoms with Gasteiger partial charge in [0.25, 0.3) is 5.56 Å². The van der Waals surface area contributed by atoms with Gasteiger partial charge >= 0.3 is 0 Å². The molecule has 3 nitrogen and oxygen atoms in total. The van der Waals surface area contributed by atoms with Gasteiger partial charge in [0.2, 0.25) is 0 Å². The van der Waals surface area contributed by atoms with Crippen LogP contribution >= 0.6 is 0 Å². The van der Waals surface area contributed by atoms with E-state index in [4.69, 9.17) is 4.74 Å². The van der Waals surface area contributed by atoms with Crippen molar-refractivity contribution in [2.45, 2.75) is 18.8 Å². The summed E-state index contributed by atoms with van der Waals surface area (Å²) in [6.07, 6.45) is 3.74. The molecule has 0 bridgehead atoms. The van der Waals surface area contributed by atoms with Gasteiger partial charge in [-0.05, 0) is 24.8 Å². The molecule has 0 aliphatic carbocycles. The number of nitrogens with zero attached hydrogens (tertiary/aromatic N) is 1. The first-order valence-electron chi connectivity index (χ1n) is 5.02. The molecule has 1 aromatic heterocycles. The summed E-state index contributed by atoms with van der Waals surface area (Å²) >= 11 is 0. The number of aromatic nitrogens is 1. The lowest BCUT2D eigenvalue weighted by Crippen LogP contribution is -2.25. The number of rotatable bonds is 1. The van der Waals surface area contributed by atoms with Gasteiger partial charge in [-0.2, -0.15) is 0 Å². The zero-order valence-corrected chi connectivity index (χ0v) is 8.40. The summed E-state index contributed by atoms with van der Waals surface area (Å²) in [6.45, 7) is 1.56. The van der Waals surface area contributed by atoms with Crippen LogP contribution in [0.15, 0.2) is 23.1 Å². The molecule has 0 unspecified atom stereocenters. The van der Waals surface area contributed by atoms with Crippen molar-refractivity contribution in [1.82, 2.24) is 4.57 Å². The van der Waals surface area contributed by atoms with Gasteiger partial charge in [0.15, 0.2) is 0 Å². The van der Waals surface area contributed by atoms with E-state index >= 15 is 0 Å². The monoisotopic (exact) mass is 193 g/mol. The number of hydrogen-bond acceptors (Lipinski definition) is 2. The topological polar surface area (TPSA) is 31.2 Å². The predicted octanol–water partition coefficient (Wildman–Crippen LogP) is 1.28. The van der Waals surface area contributed by atoms with Gasteiger partial charge in [0.1, 0.15) is 0 Å². The van der Waals surface area contributed by atoms with Gasteiger partial charge < -0.3 is 9.30 Å². The smallest absolute Gasteiger partial charge is 0.253 e. The van der Waals surface area contributed by atoms with Gasteiger partial charge in [-0.1, -0.05) is 6.07 Å². The zero-order chi connectivity index (χ0) is 9.97. The Morgan fingerprint density at radius 3 is 2.86 bits per heavy atom. The van der Waals surface area contributed by atoms with Crippen LogP contribution < -0.4 is 5.56 Å². The van der Waals surface area contributed by atoms with Crippen molar-refractivity contribution in [3.05, 3.63) is 34.2 Å². The average Bonchev–Trinajstić information content (AvgIpc) is 2.23. The summed E-state index contributed by atoms with van der Waals surface area (Å²) in [4.78, 5) is 11.8. The Labute approximate surface area is 83.3 Å². The fraction of sp³-hybridized carbons (Fsp3) is 0.545. The molecule has 0 saturated carbocycles. The maximum absolute atomic E-state index is 11.8. The summed E-state index contributed by atoms with van der Waals surface area (Å²) < 4.78 is 6.93. The van der Waals surface area contributed by atoms with Gasteiger partial charge in [-0.25, -0.2) is 0 Å². The predicted molar refractivity (Wildman–Crippen MR) is 54.5 cm³/mol. The third kappa shape index (κ3) is 1.73. The molecule has 0 aromatic carbocycles. The quantitative estimate of drug-likeness (QED) is 0.672. The largest absolute Gasteiger partial charge is 0.381 e. The van der Waals surface area contributed by atoms with Crippen molar-refractivity contribution in [3.63, 3.8) is 0 Å². The Bertz CT molecular complexity index is 364. The van der Waals surface area contributed by atoms with Crippen molar-refractivity contribution < 1.29 is 4.74 Å². The number of aryl methyl sites for hydroxylation is 1. The van der Waals surface area contributed by atoms with Crippen molar-refractivity contribution in [2.75, 3.05) is 13.2 Å². The Morgan fingerprint density at radius 2 is 2.14 bits per heavy atom. The standard InChI is InChI=1S/C11H15NO2/c1-12-6-2-3-10(11(12)13)9-4-7-14-8-5-9/h2-3,6,9H,4-5,7-8H2,1H3. The summed E-state index contributed by atoms with van der Waals surface area (Å²) in [7, 11) is 1.80. The van der Waals surface area contributed by atoms with Gasteiger partial charge in [-0.3, -0.25) is 4.79 Å². The van der Waals surface area contributed by atoms with Crippen LogP contribution in [-0.4, -0.2) is 17.8 Å². The Morgan fingerprint density at radius 1 is 1.43 bits per heavy atom. The number of ether oxygens (including phenoxy) is 1. The molecule has 0 atom stereocenters. The Kier molecular flexibility index (Phi) is 2.68. The van der Waals surface area contributed by atoms with Crippen LogP contribution in [0.4, 0.5) is 0 Å². The summed E-state index contributed by atoms with van der Waals surface area (Å²) in [6, 6.07) is 3.88. The van der Waals surface area contributed by atoms with Crippen molar-refractivity contribution in [3.8, 4) is 0 Å². The third-order valence-corrected chi connectivity index (χ3v) is 2.81. The number of hydrogen-bond donors (Lipinski definition) is 0. The second-order valence-electron chi connectivity index (χ2n) is 3.77. The molecular formula is C11H15NO2. The highest BCUT2D eigenvalue weighted by Crippen LogP contribution is 2.23. The second kappa shape index (κ2) is 3.96. The van der Waals surface area contributed by atoms with E-state index in [-0.39, 0.29) is 5.56 Å². The summed E-state index contributed by atoms with van der Waals surface area (Å²) in [5.74, 6) is 0.392. The average molecular weight is 193 g/mol. The molecule has 76 valence electrons. The molecule has 2 heterocycles. The minimum absolute atomic E-state index is 0.138. The maximum Gasteiger partial charge on any atom is 0.253 e. The van der Waals surface area contributed by atoms with Crippen LogP contribution in [0, 0.1) is 0 Å². The third-order valence-electron chi connectivity index (χ3n) is 2.81. The van der Waals surface area contributed by atoms with Crippen molar-refractivity contribution >= 4 is 0 Å². The Hall–Kier alpha value is -1.09. The lowest BCUT2D eigenvalue weighted by atomic mass is 9.93. The van der Waals surface area contributed by atoms with Gasteiger partial charge in [0, 0.05) is 32.0 Å². The minimum Gasteiger partial charge on any atom is -0.381 e. The summed E-state index contributed by atoms with van der Waals surface area (Å²) in [5, 5.41) is 0. The molecule has 3 heteroatoms. The molecule has 1 saturated heterocycles. The Balaban J connectivity index is 2.31. The fourth-order valence-electron chi connectivity index (χ4n) is 1.94. The SMILES string of the molecule is Cn1cccc(C2CCOCC2)c1=O. The van der Waals surface area contributed by atoms with E-state index in [9.17, 15) is 4.79 Å². The first kappa shape index (κ1) is 9.46. The van der Waals surface area contributed by atoms with Crippen LogP contribution in [-0.2, 0) is 11.8 Å². The molecule has 0 amide bonds. The van der Waals surface area contributed by atoms with Crippen molar-refractivity contribution in [1.29, 1.82) is 0 Å². The highest BCUT2D eigenvalue weighted by molar-refractivity contribution is 5.16. The normalized spacial score (nSPS) is 18.4. The molecule has 2 rings (SSSR count). The molecule has 1 aliphatic rings. The van der Waals surface area contributed by atoms with E-state index in [1.807, 2.05) is 12.1 Å². The molecule has 0 spiro atoms. The second-order valence-corrected chi connectivity index (χ2v) is 3.77. The first-order valence-corrected chi connectivity index (χ1v) is 5.02.